The zero-order valence-electron chi connectivity index (χ0n) is 16.2. The molecule has 1 amide bonds. The number of aromatic nitrogens is 4. The molecule has 1 atom stereocenters. The number of carbonyl (C=O) groups excluding carboxylic acids is 1. The number of H-pyrrole nitrogens is 1. The van der Waals surface area contributed by atoms with Gasteiger partial charge in [-0.15, -0.1) is 12.4 Å². The van der Waals surface area contributed by atoms with Crippen molar-refractivity contribution in [2.75, 3.05) is 13.1 Å². The van der Waals surface area contributed by atoms with Crippen molar-refractivity contribution in [1.29, 1.82) is 0 Å². The second kappa shape index (κ2) is 8.07. The average molecular weight is 446 g/mol. The van der Waals surface area contributed by atoms with E-state index in [-0.39, 0.29) is 37.1 Å². The van der Waals surface area contributed by atoms with Crippen molar-refractivity contribution >= 4 is 40.1 Å². The van der Waals surface area contributed by atoms with E-state index in [1.807, 2.05) is 18.2 Å². The Hall–Kier alpha value is -3.33. The number of piperidine rings is 1. The first kappa shape index (κ1) is 20.9. The van der Waals surface area contributed by atoms with Crippen LogP contribution in [0.3, 0.4) is 0 Å². The van der Waals surface area contributed by atoms with E-state index in [2.05, 4.69) is 20.2 Å². The largest absolute Gasteiger partial charge is 0.466 e. The molecule has 3 aromatic heterocycles. The first-order chi connectivity index (χ1) is 14.5. The highest BCUT2D eigenvalue weighted by Crippen LogP contribution is 2.32. The van der Waals surface area contributed by atoms with Crippen molar-refractivity contribution in [3.8, 4) is 5.88 Å². The number of benzene rings is 1. The number of hydrogen-bond acceptors (Lipinski definition) is 5. The number of ether oxygens (including phenoxy) is 1. The Morgan fingerprint density at radius 1 is 1.19 bits per heavy atom. The highest BCUT2D eigenvalue weighted by Gasteiger charge is 2.47. The summed E-state index contributed by atoms with van der Waals surface area (Å²) in [4.78, 5) is 22.8. The highest BCUT2D eigenvalue weighted by atomic mass is 35.5. The molecule has 0 unspecified atom stereocenters. The van der Waals surface area contributed by atoms with Gasteiger partial charge in [-0.05, 0) is 18.2 Å². The van der Waals surface area contributed by atoms with E-state index in [0.29, 0.717) is 16.4 Å². The van der Waals surface area contributed by atoms with Crippen molar-refractivity contribution in [2.45, 2.75) is 18.4 Å². The van der Waals surface area contributed by atoms with Gasteiger partial charge in [0, 0.05) is 30.6 Å². The molecule has 1 aliphatic rings. The molecule has 4 heterocycles. The molecule has 1 saturated heterocycles. The van der Waals surface area contributed by atoms with Crippen LogP contribution in [-0.2, 0) is 0 Å². The van der Waals surface area contributed by atoms with Crippen molar-refractivity contribution in [3.63, 3.8) is 0 Å². The lowest BCUT2D eigenvalue weighted by molar-refractivity contribution is -0.131. The van der Waals surface area contributed by atoms with E-state index in [0.717, 1.165) is 5.39 Å². The van der Waals surface area contributed by atoms with Gasteiger partial charge < -0.3 is 9.64 Å². The first-order valence-corrected chi connectivity index (χ1v) is 9.49. The lowest BCUT2D eigenvalue weighted by Crippen LogP contribution is -2.55. The molecule has 1 N–H and O–H groups in total. The maximum absolute atomic E-state index is 14.6. The third-order valence-electron chi connectivity index (χ3n) is 5.27. The molecule has 1 aromatic carbocycles. The molecule has 1 aliphatic heterocycles. The van der Waals surface area contributed by atoms with Crippen molar-refractivity contribution in [1.82, 2.24) is 25.1 Å². The Labute approximate surface area is 181 Å². The lowest BCUT2D eigenvalue weighted by atomic mass is 10.0. The summed E-state index contributed by atoms with van der Waals surface area (Å²) >= 11 is 0. The number of aromatic amines is 1. The van der Waals surface area contributed by atoms with Crippen LogP contribution in [0.15, 0.2) is 54.9 Å². The van der Waals surface area contributed by atoms with Crippen LogP contribution in [0.5, 0.6) is 5.88 Å². The number of halogens is 3. The number of nitrogens with zero attached hydrogens (tertiary/aromatic N) is 4. The molecular formula is C21H18ClF2N5O2. The Balaban J connectivity index is 0.00000231. The van der Waals surface area contributed by atoms with Gasteiger partial charge >= 0.3 is 0 Å². The molecule has 5 rings (SSSR count). The summed E-state index contributed by atoms with van der Waals surface area (Å²) in [6, 6.07) is 12.4. The Kier molecular flexibility index (Phi) is 5.45. The quantitative estimate of drug-likeness (QED) is 0.517. The minimum atomic E-state index is -3.08. The monoisotopic (exact) mass is 445 g/mol. The molecule has 31 heavy (non-hydrogen) atoms. The number of carbonyl (C=O) groups is 1. The molecule has 0 spiro atoms. The van der Waals surface area contributed by atoms with Crippen LogP contribution >= 0.6 is 12.4 Å². The number of alkyl halides is 2. The van der Waals surface area contributed by atoms with Crippen molar-refractivity contribution in [3.05, 3.63) is 60.6 Å². The summed E-state index contributed by atoms with van der Waals surface area (Å²) in [5.41, 5.74) is 1.48. The minimum absolute atomic E-state index is 0. The molecule has 7 nitrogen and oxygen atoms in total. The van der Waals surface area contributed by atoms with Gasteiger partial charge in [0.05, 0.1) is 29.2 Å². The number of hydrogen-bond donors (Lipinski definition) is 1. The number of fused-ring (bicyclic) bond motifs is 2. The van der Waals surface area contributed by atoms with Gasteiger partial charge in [-0.25, -0.2) is 13.8 Å². The summed E-state index contributed by atoms with van der Waals surface area (Å²) in [7, 11) is 0. The number of likely N-dealkylation sites (tertiary alicyclic amines) is 1. The molecule has 0 bridgehead atoms. The second-order valence-electron chi connectivity index (χ2n) is 7.20. The maximum Gasteiger partial charge on any atom is 0.287 e. The van der Waals surface area contributed by atoms with Crippen LogP contribution in [0.1, 0.15) is 16.9 Å². The molecule has 0 radical (unpaired) electrons. The third kappa shape index (κ3) is 3.88. The zero-order chi connectivity index (χ0) is 20.7. The van der Waals surface area contributed by atoms with Crippen LogP contribution in [0.25, 0.3) is 21.8 Å². The fourth-order valence-electron chi connectivity index (χ4n) is 3.62. The zero-order valence-corrected chi connectivity index (χ0v) is 17.0. The molecular weight excluding hydrogens is 428 g/mol. The third-order valence-corrected chi connectivity index (χ3v) is 5.27. The van der Waals surface area contributed by atoms with Crippen molar-refractivity contribution < 1.29 is 18.3 Å². The predicted octanol–water partition coefficient (Wildman–Crippen LogP) is 3.86. The van der Waals surface area contributed by atoms with Crippen molar-refractivity contribution in [2.24, 2.45) is 0 Å². The van der Waals surface area contributed by atoms with Crippen LogP contribution < -0.4 is 4.74 Å². The molecule has 1 fully saturated rings. The normalized spacial score (nSPS) is 18.0. The Morgan fingerprint density at radius 3 is 2.90 bits per heavy atom. The van der Waals surface area contributed by atoms with E-state index >= 15 is 0 Å². The summed E-state index contributed by atoms with van der Waals surface area (Å²) in [6.07, 6.45) is 0.978. The minimum Gasteiger partial charge on any atom is -0.466 e. The summed E-state index contributed by atoms with van der Waals surface area (Å²) in [5, 5.41) is 8.13. The molecule has 160 valence electrons. The average Bonchev–Trinajstić information content (AvgIpc) is 3.23. The number of rotatable bonds is 3. The lowest BCUT2D eigenvalue weighted by Gasteiger charge is -2.37. The van der Waals surface area contributed by atoms with E-state index < -0.39 is 24.4 Å². The molecule has 0 aliphatic carbocycles. The highest BCUT2D eigenvalue weighted by molar-refractivity contribution is 6.04. The Bertz CT molecular complexity index is 1250. The van der Waals surface area contributed by atoms with Crippen LogP contribution in [-0.4, -0.2) is 56.1 Å². The van der Waals surface area contributed by atoms with Gasteiger partial charge in [0.1, 0.15) is 5.69 Å². The number of para-hydroxylation sites is 1. The van der Waals surface area contributed by atoms with Crippen LogP contribution in [0, 0.1) is 0 Å². The van der Waals surface area contributed by atoms with Gasteiger partial charge in [0.2, 0.25) is 5.88 Å². The summed E-state index contributed by atoms with van der Waals surface area (Å²) < 4.78 is 34.8. The van der Waals surface area contributed by atoms with E-state index in [1.165, 1.54) is 17.3 Å². The van der Waals surface area contributed by atoms with Crippen LogP contribution in [0.2, 0.25) is 0 Å². The number of pyridine rings is 2. The van der Waals surface area contributed by atoms with Gasteiger partial charge in [-0.3, -0.25) is 14.9 Å². The molecule has 4 aromatic rings. The predicted molar refractivity (Wildman–Crippen MR) is 113 cm³/mol. The first-order valence-electron chi connectivity index (χ1n) is 9.49. The van der Waals surface area contributed by atoms with E-state index in [9.17, 15) is 13.6 Å². The van der Waals surface area contributed by atoms with Gasteiger partial charge in [-0.2, -0.15) is 5.10 Å². The fourth-order valence-corrected chi connectivity index (χ4v) is 3.62. The topological polar surface area (TPSA) is 84.0 Å². The number of nitrogens with one attached hydrogen (secondary N) is 1. The fraction of sp³-hybridized carbons (Fsp3) is 0.238. The molecule has 10 heteroatoms. The second-order valence-corrected chi connectivity index (χ2v) is 7.20. The van der Waals surface area contributed by atoms with E-state index in [1.54, 1.807) is 24.3 Å². The Morgan fingerprint density at radius 2 is 2.03 bits per heavy atom. The van der Waals surface area contributed by atoms with Gasteiger partial charge in [0.25, 0.3) is 11.8 Å². The van der Waals surface area contributed by atoms with Gasteiger partial charge in [-0.1, -0.05) is 18.2 Å². The smallest absolute Gasteiger partial charge is 0.287 e. The SMILES string of the molecule is Cl.O=C(c1nccc2[nH]ncc12)N1CCC(F)(F)[C@@H](Oc2ccc3ccccc3n2)C1. The van der Waals surface area contributed by atoms with Crippen LogP contribution in [0.4, 0.5) is 8.78 Å². The summed E-state index contributed by atoms with van der Waals surface area (Å²) in [6.45, 7) is -0.358. The number of amides is 1. The van der Waals surface area contributed by atoms with E-state index in [4.69, 9.17) is 4.74 Å². The maximum atomic E-state index is 14.6. The van der Waals surface area contributed by atoms with Gasteiger partial charge in [0.15, 0.2) is 6.10 Å². The standard InChI is InChI=1S/C21H17F2N5O2.ClH/c22-21(23)8-10-28(20(29)19-14-11-25-27-16(14)7-9-24-19)12-17(21)30-18-6-5-13-3-1-2-4-15(13)26-18;/h1-7,9,11,17H,8,10,12H2,(H,25,27);1H/t17-;/m0./s1. The summed E-state index contributed by atoms with van der Waals surface area (Å²) in [5.74, 6) is -3.42. The molecule has 0 saturated carbocycles.